The minimum absolute atomic E-state index is 0.144. The van der Waals surface area contributed by atoms with Gasteiger partial charge in [-0.15, -0.1) is 0 Å². The molecule has 1 aromatic rings. The number of benzene rings is 1. The Hall–Kier alpha value is -1.07. The summed E-state index contributed by atoms with van der Waals surface area (Å²) in [6, 6.07) is 7.95. The van der Waals surface area contributed by atoms with Gasteiger partial charge in [-0.05, 0) is 31.2 Å². The summed E-state index contributed by atoms with van der Waals surface area (Å²) >= 11 is 3.49. The van der Waals surface area contributed by atoms with Gasteiger partial charge in [-0.1, -0.05) is 15.9 Å². The van der Waals surface area contributed by atoms with Crippen LogP contribution in [0.15, 0.2) is 24.3 Å². The summed E-state index contributed by atoms with van der Waals surface area (Å²) in [7, 11) is 0. The van der Waals surface area contributed by atoms with Crippen LogP contribution in [0.1, 0.15) is 13.3 Å². The summed E-state index contributed by atoms with van der Waals surface area (Å²) in [5.41, 5.74) is 2.01. The number of hydrogen-bond donors (Lipinski definition) is 1. The molecule has 1 amide bonds. The van der Waals surface area contributed by atoms with E-state index in [1.165, 1.54) is 0 Å². The number of nitrogens with zero attached hydrogens (tertiary/aromatic N) is 2. The maximum atomic E-state index is 11.8. The largest absolute Gasteiger partial charge is 0.395 e. The van der Waals surface area contributed by atoms with Gasteiger partial charge in [-0.25, -0.2) is 0 Å². The van der Waals surface area contributed by atoms with Crippen LogP contribution < -0.4 is 9.80 Å². The third-order valence-electron chi connectivity index (χ3n) is 3.36. The highest BCUT2D eigenvalue weighted by molar-refractivity contribution is 9.09. The van der Waals surface area contributed by atoms with E-state index in [-0.39, 0.29) is 17.3 Å². The van der Waals surface area contributed by atoms with Crippen LogP contribution in [-0.4, -0.2) is 42.1 Å². The zero-order valence-corrected chi connectivity index (χ0v) is 12.6. The van der Waals surface area contributed by atoms with E-state index in [1.54, 1.807) is 0 Å². The molecule has 104 valence electrons. The highest BCUT2D eigenvalue weighted by Gasteiger charge is 2.28. The number of anilines is 2. The number of halogens is 1. The summed E-state index contributed by atoms with van der Waals surface area (Å²) in [6.45, 7) is 4.41. The van der Waals surface area contributed by atoms with Crippen LogP contribution in [0.4, 0.5) is 11.4 Å². The van der Waals surface area contributed by atoms with Crippen molar-refractivity contribution in [3.05, 3.63) is 24.3 Å². The summed E-state index contributed by atoms with van der Waals surface area (Å²) in [5.74, 6) is 0.164. The molecule has 5 heteroatoms. The summed E-state index contributed by atoms with van der Waals surface area (Å²) in [5, 5.41) is 9.02. The van der Waals surface area contributed by atoms with E-state index < -0.39 is 0 Å². The number of aliphatic hydroxyl groups excluding tert-OH is 1. The molecule has 1 heterocycles. The minimum atomic E-state index is 0.144. The smallest absolute Gasteiger partial charge is 0.228 e. The maximum Gasteiger partial charge on any atom is 0.228 e. The van der Waals surface area contributed by atoms with Gasteiger partial charge in [0.25, 0.3) is 0 Å². The lowest BCUT2D eigenvalue weighted by atomic mass is 10.2. The van der Waals surface area contributed by atoms with Gasteiger partial charge in [0.1, 0.15) is 0 Å². The van der Waals surface area contributed by atoms with Crippen molar-refractivity contribution < 1.29 is 9.90 Å². The Labute approximate surface area is 122 Å². The first-order chi connectivity index (χ1) is 9.15. The van der Waals surface area contributed by atoms with Crippen LogP contribution in [0.5, 0.6) is 0 Å². The van der Waals surface area contributed by atoms with Crippen LogP contribution in [0.2, 0.25) is 0 Å². The molecule has 1 aliphatic heterocycles. The predicted molar refractivity (Wildman–Crippen MR) is 81.1 cm³/mol. The first-order valence-corrected chi connectivity index (χ1v) is 7.47. The normalized spacial score (nSPS) is 19.0. The van der Waals surface area contributed by atoms with Crippen molar-refractivity contribution in [3.63, 3.8) is 0 Å². The fourth-order valence-electron chi connectivity index (χ4n) is 2.35. The third kappa shape index (κ3) is 3.28. The number of carbonyl (C=O) groups is 1. The second kappa shape index (κ2) is 6.39. The number of aliphatic hydroxyl groups is 1. The number of alkyl halides is 1. The topological polar surface area (TPSA) is 43.8 Å². The molecule has 0 aromatic heterocycles. The maximum absolute atomic E-state index is 11.8. The fraction of sp³-hybridized carbons (Fsp3) is 0.500. The molecule has 1 N–H and O–H groups in total. The Morgan fingerprint density at radius 3 is 2.58 bits per heavy atom. The predicted octanol–water partition coefficient (Wildman–Crippen LogP) is 2.01. The van der Waals surface area contributed by atoms with Crippen LogP contribution in [0.25, 0.3) is 0 Å². The van der Waals surface area contributed by atoms with E-state index in [1.807, 2.05) is 29.2 Å². The van der Waals surface area contributed by atoms with Gasteiger partial charge in [0.15, 0.2) is 0 Å². The van der Waals surface area contributed by atoms with Crippen LogP contribution in [0, 0.1) is 0 Å². The van der Waals surface area contributed by atoms with Crippen molar-refractivity contribution in [2.24, 2.45) is 0 Å². The highest BCUT2D eigenvalue weighted by Crippen LogP contribution is 2.27. The van der Waals surface area contributed by atoms with Crippen LogP contribution in [0.3, 0.4) is 0 Å². The molecule has 19 heavy (non-hydrogen) atoms. The van der Waals surface area contributed by atoms with Crippen LogP contribution in [-0.2, 0) is 4.79 Å². The molecule has 1 saturated heterocycles. The lowest BCUT2D eigenvalue weighted by molar-refractivity contribution is -0.117. The second-order valence-corrected chi connectivity index (χ2v) is 5.92. The molecular formula is C14H19BrN2O2. The lowest BCUT2D eigenvalue weighted by Crippen LogP contribution is -2.27. The van der Waals surface area contributed by atoms with Crippen molar-refractivity contribution >= 4 is 33.2 Å². The van der Waals surface area contributed by atoms with Crippen molar-refractivity contribution in [2.75, 3.05) is 36.0 Å². The van der Waals surface area contributed by atoms with Gasteiger partial charge in [0.2, 0.25) is 5.91 Å². The molecule has 1 fully saturated rings. The Morgan fingerprint density at radius 1 is 1.42 bits per heavy atom. The second-order valence-electron chi connectivity index (χ2n) is 4.63. The van der Waals surface area contributed by atoms with E-state index in [0.29, 0.717) is 13.0 Å². The number of hydrogen-bond acceptors (Lipinski definition) is 3. The molecule has 0 bridgehead atoms. The van der Waals surface area contributed by atoms with E-state index in [4.69, 9.17) is 5.11 Å². The zero-order valence-electron chi connectivity index (χ0n) is 11.1. The third-order valence-corrected chi connectivity index (χ3v) is 3.97. The molecule has 1 aliphatic rings. The van der Waals surface area contributed by atoms with E-state index in [9.17, 15) is 4.79 Å². The Morgan fingerprint density at radius 2 is 2.11 bits per heavy atom. The number of rotatable bonds is 5. The molecule has 1 unspecified atom stereocenters. The first kappa shape index (κ1) is 14.3. The molecule has 1 atom stereocenters. The highest BCUT2D eigenvalue weighted by atomic mass is 79.9. The van der Waals surface area contributed by atoms with E-state index >= 15 is 0 Å². The Bertz CT molecular complexity index is 436. The molecule has 1 aromatic carbocycles. The number of amides is 1. The average molecular weight is 327 g/mol. The molecule has 0 spiro atoms. The van der Waals surface area contributed by atoms with Crippen molar-refractivity contribution in [1.82, 2.24) is 0 Å². The van der Waals surface area contributed by atoms with Gasteiger partial charge in [0.05, 0.1) is 6.61 Å². The average Bonchev–Trinajstić information content (AvgIpc) is 2.75. The van der Waals surface area contributed by atoms with E-state index in [0.717, 1.165) is 24.5 Å². The van der Waals surface area contributed by atoms with Crippen molar-refractivity contribution in [1.29, 1.82) is 0 Å². The SMILES string of the molecule is CCN(CCO)c1ccc(N2CC(Br)CC2=O)cc1. The first-order valence-electron chi connectivity index (χ1n) is 6.56. The summed E-state index contributed by atoms with van der Waals surface area (Å²) < 4.78 is 0. The summed E-state index contributed by atoms with van der Waals surface area (Å²) in [6.07, 6.45) is 0.563. The van der Waals surface area contributed by atoms with Crippen molar-refractivity contribution in [3.8, 4) is 0 Å². The quantitative estimate of drug-likeness (QED) is 0.842. The van der Waals surface area contributed by atoms with Gasteiger partial charge in [0, 0.05) is 42.3 Å². The molecule has 2 rings (SSSR count). The van der Waals surface area contributed by atoms with E-state index in [2.05, 4.69) is 27.8 Å². The Balaban J connectivity index is 2.12. The monoisotopic (exact) mass is 326 g/mol. The zero-order chi connectivity index (χ0) is 13.8. The van der Waals surface area contributed by atoms with Crippen molar-refractivity contribution in [2.45, 2.75) is 18.2 Å². The Kier molecular flexibility index (Phi) is 4.82. The van der Waals surface area contributed by atoms with Gasteiger partial charge in [-0.2, -0.15) is 0 Å². The van der Waals surface area contributed by atoms with Gasteiger partial charge >= 0.3 is 0 Å². The lowest BCUT2D eigenvalue weighted by Gasteiger charge is -2.23. The number of carbonyl (C=O) groups excluding carboxylic acids is 1. The fourth-order valence-corrected chi connectivity index (χ4v) is 2.91. The van der Waals surface area contributed by atoms with Gasteiger partial charge in [-0.3, -0.25) is 4.79 Å². The molecule has 0 saturated carbocycles. The standard InChI is InChI=1S/C14H19BrN2O2/c1-2-16(7-8-18)12-3-5-13(6-4-12)17-10-11(15)9-14(17)19/h3-6,11,18H,2,7-10H2,1H3. The molecule has 0 radical (unpaired) electrons. The van der Waals surface area contributed by atoms with Crippen LogP contribution >= 0.6 is 15.9 Å². The molecule has 0 aliphatic carbocycles. The summed E-state index contributed by atoms with van der Waals surface area (Å²) in [4.78, 5) is 16.0. The molecular weight excluding hydrogens is 308 g/mol. The number of likely N-dealkylation sites (N-methyl/N-ethyl adjacent to an activating group) is 1. The minimum Gasteiger partial charge on any atom is -0.395 e. The molecule has 4 nitrogen and oxygen atoms in total. The van der Waals surface area contributed by atoms with Gasteiger partial charge < -0.3 is 14.9 Å².